The van der Waals surface area contributed by atoms with Crippen molar-refractivity contribution >= 4 is 23.4 Å². The average Bonchev–Trinajstić information content (AvgIpc) is 2.82. The van der Waals surface area contributed by atoms with Crippen molar-refractivity contribution in [2.24, 2.45) is 0 Å². The molecule has 216 valence electrons. The van der Waals surface area contributed by atoms with E-state index < -0.39 is 35.5 Å². The van der Waals surface area contributed by atoms with Crippen LogP contribution in [0.4, 0.5) is 47.3 Å². The second-order valence-electron chi connectivity index (χ2n) is 9.37. The van der Waals surface area contributed by atoms with Gasteiger partial charge in [0.1, 0.15) is 0 Å². The van der Waals surface area contributed by atoms with E-state index in [1.54, 1.807) is 0 Å². The van der Waals surface area contributed by atoms with E-state index in [2.05, 4.69) is 20.9 Å². The number of hydrogen-bond donors (Lipinski definition) is 3. The molecule has 2 rings (SSSR count). The first kappa shape index (κ1) is 31.7. The van der Waals surface area contributed by atoms with Crippen LogP contribution >= 0.6 is 0 Å². The second kappa shape index (κ2) is 13.5. The van der Waals surface area contributed by atoms with Crippen LogP contribution in [0.5, 0.6) is 0 Å². The Morgan fingerprint density at radius 3 is 1.54 bits per heavy atom. The van der Waals surface area contributed by atoms with Crippen LogP contribution in [-0.2, 0) is 12.4 Å². The number of amides is 4. The summed E-state index contributed by atoms with van der Waals surface area (Å²) in [6.45, 7) is 8.91. The number of anilines is 2. The molecule has 13 heteroatoms. The summed E-state index contributed by atoms with van der Waals surface area (Å²) < 4.78 is 76.6. The van der Waals surface area contributed by atoms with Crippen LogP contribution in [0.2, 0.25) is 0 Å². The van der Waals surface area contributed by atoms with E-state index in [1.165, 1.54) is 4.90 Å². The molecular weight excluding hydrogens is 528 g/mol. The predicted molar refractivity (Wildman–Crippen MR) is 137 cm³/mol. The second-order valence-corrected chi connectivity index (χ2v) is 9.37. The molecule has 0 aliphatic heterocycles. The molecule has 0 fully saturated rings. The van der Waals surface area contributed by atoms with Gasteiger partial charge in [-0.1, -0.05) is 0 Å². The van der Waals surface area contributed by atoms with E-state index in [9.17, 15) is 35.9 Å². The minimum Gasteiger partial charge on any atom is -0.336 e. The van der Waals surface area contributed by atoms with Gasteiger partial charge in [-0.3, -0.25) is 4.90 Å². The minimum atomic E-state index is -4.50. The van der Waals surface area contributed by atoms with Crippen molar-refractivity contribution in [2.45, 2.75) is 52.1 Å². The maximum atomic E-state index is 13.0. The van der Waals surface area contributed by atoms with Crippen molar-refractivity contribution in [1.82, 2.24) is 15.1 Å². The molecule has 0 saturated heterocycles. The van der Waals surface area contributed by atoms with Gasteiger partial charge in [-0.15, -0.1) is 0 Å². The van der Waals surface area contributed by atoms with Gasteiger partial charge in [0.2, 0.25) is 0 Å². The molecule has 0 saturated carbocycles. The van der Waals surface area contributed by atoms with E-state index in [0.717, 1.165) is 48.5 Å². The maximum absolute atomic E-state index is 13.0. The molecule has 0 radical (unpaired) electrons. The lowest BCUT2D eigenvalue weighted by molar-refractivity contribution is -0.138. The number of carbonyl (C=O) groups excluding carboxylic acids is 2. The molecule has 39 heavy (non-hydrogen) atoms. The van der Waals surface area contributed by atoms with Crippen molar-refractivity contribution in [3.8, 4) is 0 Å². The van der Waals surface area contributed by atoms with E-state index in [4.69, 9.17) is 0 Å². The predicted octanol–water partition coefficient (Wildman–Crippen LogP) is 6.50. The number of carbonyl (C=O) groups is 2. The lowest BCUT2D eigenvalue weighted by Gasteiger charge is -2.33. The zero-order chi connectivity index (χ0) is 29.4. The molecular formula is C26H33F6N5O2. The van der Waals surface area contributed by atoms with Crippen LogP contribution in [0.1, 0.15) is 38.8 Å². The van der Waals surface area contributed by atoms with E-state index in [1.807, 2.05) is 27.7 Å². The van der Waals surface area contributed by atoms with Gasteiger partial charge in [0.05, 0.1) is 11.1 Å². The Bertz CT molecular complexity index is 1060. The largest absolute Gasteiger partial charge is 0.416 e. The molecule has 0 heterocycles. The van der Waals surface area contributed by atoms with E-state index >= 15 is 0 Å². The lowest BCUT2D eigenvalue weighted by atomic mass is 10.2. The molecule has 7 nitrogen and oxygen atoms in total. The van der Waals surface area contributed by atoms with Crippen LogP contribution < -0.4 is 16.0 Å². The summed E-state index contributed by atoms with van der Waals surface area (Å²) >= 11 is 0. The molecule has 0 aromatic heterocycles. The van der Waals surface area contributed by atoms with Crippen molar-refractivity contribution in [1.29, 1.82) is 0 Å². The molecule has 0 unspecified atom stereocenters. The first-order valence-corrected chi connectivity index (χ1v) is 12.3. The third-order valence-electron chi connectivity index (χ3n) is 5.84. The van der Waals surface area contributed by atoms with Gasteiger partial charge in [-0.2, -0.15) is 26.3 Å². The van der Waals surface area contributed by atoms with Crippen LogP contribution in [0, 0.1) is 0 Å². The maximum Gasteiger partial charge on any atom is 0.416 e. The van der Waals surface area contributed by atoms with Crippen LogP contribution in [0.3, 0.4) is 0 Å². The van der Waals surface area contributed by atoms with Crippen LogP contribution in [0.15, 0.2) is 48.5 Å². The summed E-state index contributed by atoms with van der Waals surface area (Å²) in [5.74, 6) is 0. The summed E-state index contributed by atoms with van der Waals surface area (Å²) in [6.07, 6.45) is -9.00. The number of urea groups is 2. The highest BCUT2D eigenvalue weighted by Gasteiger charge is 2.31. The summed E-state index contributed by atoms with van der Waals surface area (Å²) in [6, 6.07) is 7.13. The van der Waals surface area contributed by atoms with Crippen molar-refractivity contribution in [2.75, 3.05) is 36.8 Å². The molecule has 4 amide bonds. The highest BCUT2D eigenvalue weighted by Crippen LogP contribution is 2.30. The van der Waals surface area contributed by atoms with Gasteiger partial charge >= 0.3 is 24.4 Å². The highest BCUT2D eigenvalue weighted by molar-refractivity contribution is 5.90. The zero-order valence-electron chi connectivity index (χ0n) is 22.1. The van der Waals surface area contributed by atoms with Gasteiger partial charge < -0.3 is 20.9 Å². The Balaban J connectivity index is 2.02. The van der Waals surface area contributed by atoms with Gasteiger partial charge in [-0.05, 0) is 76.2 Å². The number of alkyl halides is 6. The van der Waals surface area contributed by atoms with Crippen LogP contribution in [-0.4, -0.2) is 60.1 Å². The van der Waals surface area contributed by atoms with Crippen molar-refractivity contribution < 1.29 is 35.9 Å². The number of nitrogens with one attached hydrogen (secondary N) is 3. The van der Waals surface area contributed by atoms with Gasteiger partial charge in [-0.25, -0.2) is 9.59 Å². The number of hydrogen-bond acceptors (Lipinski definition) is 3. The smallest absolute Gasteiger partial charge is 0.336 e. The summed E-state index contributed by atoms with van der Waals surface area (Å²) in [7, 11) is 0. The Kier molecular flexibility index (Phi) is 11.0. The summed E-state index contributed by atoms with van der Waals surface area (Å²) in [4.78, 5) is 28.8. The highest BCUT2D eigenvalue weighted by atomic mass is 19.4. The number of rotatable bonds is 10. The quantitative estimate of drug-likeness (QED) is 0.290. The van der Waals surface area contributed by atoms with Crippen molar-refractivity contribution in [3.05, 3.63) is 59.7 Å². The first-order chi connectivity index (χ1) is 18.1. The minimum absolute atomic E-state index is 0.0102. The number of benzene rings is 2. The zero-order valence-corrected chi connectivity index (χ0v) is 22.1. The number of halogens is 6. The first-order valence-electron chi connectivity index (χ1n) is 12.3. The van der Waals surface area contributed by atoms with E-state index in [-0.39, 0.29) is 43.1 Å². The lowest BCUT2D eigenvalue weighted by Crippen LogP contribution is -2.47. The molecule has 3 N–H and O–H groups in total. The Morgan fingerprint density at radius 2 is 1.13 bits per heavy atom. The Hall–Kier alpha value is -3.48. The third kappa shape index (κ3) is 10.3. The molecule has 0 spiro atoms. The Labute approximate surface area is 223 Å². The number of nitrogens with zero attached hydrogens (tertiary/aromatic N) is 2. The normalized spacial score (nSPS) is 12.1. The Morgan fingerprint density at radius 1 is 0.692 bits per heavy atom. The van der Waals surface area contributed by atoms with Gasteiger partial charge in [0.25, 0.3) is 0 Å². The fraction of sp³-hybridized carbons (Fsp3) is 0.462. The van der Waals surface area contributed by atoms with Crippen molar-refractivity contribution in [3.63, 3.8) is 0 Å². The summed E-state index contributed by atoms with van der Waals surface area (Å²) in [5.41, 5.74) is -1.36. The van der Waals surface area contributed by atoms with Gasteiger partial charge in [0.15, 0.2) is 0 Å². The fourth-order valence-electron chi connectivity index (χ4n) is 3.83. The standard InChI is InChI=1S/C26H33F6N5O2/c1-17(2)37(18(3)4)16-15-36(24(39)35-22-11-7-20(8-12-22)26(30,31)32)14-13-33-23(38)34-21-9-5-19(6-10-21)25(27,28)29/h5-12,17-18H,13-16H2,1-4H3,(H,35,39)(H2,33,34,38). The SMILES string of the molecule is CC(C)N(CCN(CCNC(=O)Nc1ccc(C(F)(F)F)cc1)C(=O)Nc1ccc(C(F)(F)F)cc1)C(C)C. The molecule has 0 aliphatic rings. The molecule has 0 atom stereocenters. The molecule has 2 aromatic carbocycles. The molecule has 0 bridgehead atoms. The average molecular weight is 562 g/mol. The summed E-state index contributed by atoms with van der Waals surface area (Å²) in [5, 5.41) is 7.55. The third-order valence-corrected chi connectivity index (χ3v) is 5.84. The fourth-order valence-corrected chi connectivity index (χ4v) is 3.83. The van der Waals surface area contributed by atoms with E-state index in [0.29, 0.717) is 6.54 Å². The topological polar surface area (TPSA) is 76.7 Å². The molecule has 2 aromatic rings. The van der Waals surface area contributed by atoms with Gasteiger partial charge in [0, 0.05) is 49.6 Å². The molecule has 0 aliphatic carbocycles. The van der Waals surface area contributed by atoms with Crippen LogP contribution in [0.25, 0.3) is 0 Å². The monoisotopic (exact) mass is 561 g/mol.